The van der Waals surface area contributed by atoms with E-state index in [2.05, 4.69) is 27.1 Å². The smallest absolute Gasteiger partial charge is 0.222 e. The molecular formula is C17H16N4O. The molecule has 5 nitrogen and oxygen atoms in total. The lowest BCUT2D eigenvalue weighted by Gasteiger charge is -2.05. The van der Waals surface area contributed by atoms with Gasteiger partial charge in [-0.25, -0.2) is 10.4 Å². The van der Waals surface area contributed by atoms with Crippen LogP contribution < -0.4 is 10.2 Å². The summed E-state index contributed by atoms with van der Waals surface area (Å²) in [6.07, 6.45) is 3.41. The highest BCUT2D eigenvalue weighted by Gasteiger charge is 2.01. The van der Waals surface area contributed by atoms with Gasteiger partial charge in [0.2, 0.25) is 5.95 Å². The summed E-state index contributed by atoms with van der Waals surface area (Å²) in [6.45, 7) is 4.10. The van der Waals surface area contributed by atoms with Crippen LogP contribution in [-0.2, 0) is 0 Å². The zero-order chi connectivity index (χ0) is 15.2. The van der Waals surface area contributed by atoms with Crippen molar-refractivity contribution in [3.05, 3.63) is 66.7 Å². The van der Waals surface area contributed by atoms with Crippen molar-refractivity contribution >= 4 is 23.2 Å². The van der Waals surface area contributed by atoms with Crippen molar-refractivity contribution in [3.8, 4) is 5.75 Å². The Balaban J connectivity index is 1.72. The summed E-state index contributed by atoms with van der Waals surface area (Å²) >= 11 is 0. The molecule has 0 atom stereocenters. The van der Waals surface area contributed by atoms with Crippen LogP contribution in [0.5, 0.6) is 5.75 Å². The van der Waals surface area contributed by atoms with Gasteiger partial charge in [0.25, 0.3) is 0 Å². The fourth-order valence-electron chi connectivity index (χ4n) is 2.04. The standard InChI is InChI=1S/C17H16N4O/c1-2-11-22-16-10-6-3-7-13(16)12-18-21-17-19-14-8-4-5-9-15(14)20-17/h2-10,12H,1,11H2,(H2,19,20,21)/b18-12-. The molecule has 0 amide bonds. The van der Waals surface area contributed by atoms with E-state index in [0.717, 1.165) is 22.3 Å². The molecule has 1 aromatic heterocycles. The van der Waals surface area contributed by atoms with Crippen LogP contribution in [0.15, 0.2) is 66.3 Å². The molecule has 0 aliphatic heterocycles. The number of hydrogen-bond acceptors (Lipinski definition) is 4. The Bertz CT molecular complexity index is 774. The summed E-state index contributed by atoms with van der Waals surface area (Å²) in [5.74, 6) is 1.36. The fraction of sp³-hybridized carbons (Fsp3) is 0.0588. The Hall–Kier alpha value is -3.08. The molecule has 22 heavy (non-hydrogen) atoms. The Morgan fingerprint density at radius 1 is 1.18 bits per heavy atom. The zero-order valence-corrected chi connectivity index (χ0v) is 12.0. The number of benzene rings is 2. The van der Waals surface area contributed by atoms with Gasteiger partial charge in [0.15, 0.2) is 0 Å². The Morgan fingerprint density at radius 2 is 2.00 bits per heavy atom. The lowest BCUT2D eigenvalue weighted by Crippen LogP contribution is -1.98. The summed E-state index contributed by atoms with van der Waals surface area (Å²) < 4.78 is 5.58. The molecule has 0 radical (unpaired) electrons. The molecule has 1 heterocycles. The van der Waals surface area contributed by atoms with Gasteiger partial charge >= 0.3 is 0 Å². The quantitative estimate of drug-likeness (QED) is 0.415. The number of imidazole rings is 1. The number of anilines is 1. The van der Waals surface area contributed by atoms with Gasteiger partial charge in [0.05, 0.1) is 17.2 Å². The number of hydrogen-bond donors (Lipinski definition) is 2. The first-order valence-electron chi connectivity index (χ1n) is 6.93. The minimum Gasteiger partial charge on any atom is -0.489 e. The normalized spacial score (nSPS) is 10.9. The highest BCUT2D eigenvalue weighted by Crippen LogP contribution is 2.16. The van der Waals surface area contributed by atoms with Crippen LogP contribution in [0.1, 0.15) is 5.56 Å². The molecule has 0 unspecified atom stereocenters. The summed E-state index contributed by atoms with van der Waals surface area (Å²) in [7, 11) is 0. The third kappa shape index (κ3) is 3.15. The minimum absolute atomic E-state index is 0.460. The van der Waals surface area contributed by atoms with E-state index in [1.54, 1.807) is 12.3 Å². The predicted octanol–water partition coefficient (Wildman–Crippen LogP) is 3.57. The number of hydrazone groups is 1. The molecule has 0 fully saturated rings. The molecule has 3 aromatic rings. The van der Waals surface area contributed by atoms with Crippen LogP contribution in [0, 0.1) is 0 Å². The van der Waals surface area contributed by atoms with Crippen molar-refractivity contribution in [2.24, 2.45) is 5.10 Å². The van der Waals surface area contributed by atoms with E-state index < -0.39 is 0 Å². The molecule has 2 aromatic carbocycles. The fourth-order valence-corrected chi connectivity index (χ4v) is 2.04. The third-order valence-corrected chi connectivity index (χ3v) is 3.04. The largest absolute Gasteiger partial charge is 0.489 e. The second kappa shape index (κ2) is 6.58. The highest BCUT2D eigenvalue weighted by atomic mass is 16.5. The van der Waals surface area contributed by atoms with Gasteiger partial charge in [-0.3, -0.25) is 0 Å². The van der Waals surface area contributed by atoms with Gasteiger partial charge in [-0.15, -0.1) is 0 Å². The van der Waals surface area contributed by atoms with E-state index in [4.69, 9.17) is 4.74 Å². The van der Waals surface area contributed by atoms with Crippen LogP contribution in [0.3, 0.4) is 0 Å². The Kier molecular flexibility index (Phi) is 4.15. The van der Waals surface area contributed by atoms with Gasteiger partial charge in [-0.2, -0.15) is 5.10 Å². The van der Waals surface area contributed by atoms with Crippen molar-refractivity contribution < 1.29 is 4.74 Å². The number of nitrogens with zero attached hydrogens (tertiary/aromatic N) is 2. The average molecular weight is 292 g/mol. The zero-order valence-electron chi connectivity index (χ0n) is 12.0. The molecule has 110 valence electrons. The van der Waals surface area contributed by atoms with Crippen LogP contribution in [-0.4, -0.2) is 22.8 Å². The molecule has 0 saturated carbocycles. The number of ether oxygens (including phenoxy) is 1. The van der Waals surface area contributed by atoms with Crippen LogP contribution in [0.4, 0.5) is 5.95 Å². The predicted molar refractivity (Wildman–Crippen MR) is 89.4 cm³/mol. The summed E-state index contributed by atoms with van der Waals surface area (Å²) in [4.78, 5) is 7.54. The maximum absolute atomic E-state index is 5.58. The minimum atomic E-state index is 0.460. The third-order valence-electron chi connectivity index (χ3n) is 3.04. The maximum Gasteiger partial charge on any atom is 0.222 e. The number of aromatic amines is 1. The van der Waals surface area contributed by atoms with Crippen LogP contribution in [0.2, 0.25) is 0 Å². The molecule has 3 rings (SSSR count). The molecule has 0 spiro atoms. The Labute approximate surface area is 128 Å². The van der Waals surface area contributed by atoms with Crippen molar-refractivity contribution in [2.45, 2.75) is 0 Å². The van der Waals surface area contributed by atoms with E-state index in [0.29, 0.717) is 12.6 Å². The summed E-state index contributed by atoms with van der Waals surface area (Å²) in [6, 6.07) is 15.5. The molecule has 2 N–H and O–H groups in total. The van der Waals surface area contributed by atoms with Gasteiger partial charge in [-0.1, -0.05) is 36.9 Å². The number of fused-ring (bicyclic) bond motifs is 1. The van der Waals surface area contributed by atoms with E-state index in [9.17, 15) is 0 Å². The lowest BCUT2D eigenvalue weighted by molar-refractivity contribution is 0.363. The molecule has 0 aliphatic rings. The van der Waals surface area contributed by atoms with Crippen molar-refractivity contribution in [3.63, 3.8) is 0 Å². The molecule has 0 aliphatic carbocycles. The second-order valence-electron chi connectivity index (χ2n) is 4.61. The van der Waals surface area contributed by atoms with Crippen molar-refractivity contribution in [1.82, 2.24) is 9.97 Å². The van der Waals surface area contributed by atoms with Crippen molar-refractivity contribution in [2.75, 3.05) is 12.0 Å². The molecular weight excluding hydrogens is 276 g/mol. The van der Waals surface area contributed by atoms with E-state index in [1.807, 2.05) is 48.5 Å². The van der Waals surface area contributed by atoms with Gasteiger partial charge in [-0.05, 0) is 24.3 Å². The van der Waals surface area contributed by atoms with E-state index >= 15 is 0 Å². The van der Waals surface area contributed by atoms with Gasteiger partial charge in [0.1, 0.15) is 12.4 Å². The topological polar surface area (TPSA) is 62.3 Å². The van der Waals surface area contributed by atoms with E-state index in [-0.39, 0.29) is 0 Å². The number of rotatable bonds is 6. The molecule has 0 bridgehead atoms. The highest BCUT2D eigenvalue weighted by molar-refractivity contribution is 5.84. The van der Waals surface area contributed by atoms with Gasteiger partial charge in [0, 0.05) is 5.56 Å². The first-order valence-corrected chi connectivity index (χ1v) is 6.93. The summed E-state index contributed by atoms with van der Waals surface area (Å²) in [5.41, 5.74) is 5.64. The average Bonchev–Trinajstić information content (AvgIpc) is 2.96. The Morgan fingerprint density at radius 3 is 2.86 bits per heavy atom. The number of aromatic nitrogens is 2. The van der Waals surface area contributed by atoms with Crippen LogP contribution in [0.25, 0.3) is 11.0 Å². The van der Waals surface area contributed by atoms with E-state index in [1.165, 1.54) is 0 Å². The van der Waals surface area contributed by atoms with Gasteiger partial charge < -0.3 is 9.72 Å². The first kappa shape index (κ1) is 13.9. The second-order valence-corrected chi connectivity index (χ2v) is 4.61. The summed E-state index contributed by atoms with van der Waals surface area (Å²) in [5, 5.41) is 4.20. The number of para-hydroxylation sites is 3. The SMILES string of the molecule is C=CCOc1ccccc1/C=N\Nc1nc2ccccc2[nH]1. The molecule has 0 saturated heterocycles. The lowest BCUT2D eigenvalue weighted by atomic mass is 10.2. The number of nitrogens with one attached hydrogen (secondary N) is 2. The number of H-pyrrole nitrogens is 1. The van der Waals surface area contributed by atoms with Crippen LogP contribution >= 0.6 is 0 Å². The first-order chi connectivity index (χ1) is 10.9. The maximum atomic E-state index is 5.58. The molecule has 5 heteroatoms. The van der Waals surface area contributed by atoms with Crippen molar-refractivity contribution in [1.29, 1.82) is 0 Å². The monoisotopic (exact) mass is 292 g/mol.